The first-order valence-corrected chi connectivity index (χ1v) is 9.45. The normalized spacial score (nSPS) is 16.6. The van der Waals surface area contributed by atoms with Gasteiger partial charge in [0.1, 0.15) is 0 Å². The van der Waals surface area contributed by atoms with Crippen molar-refractivity contribution in [3.05, 3.63) is 52.6 Å². The SMILES string of the molecule is CN=C(NCc1cccc(OC)n1)NC1CCN(c2ccc(Br)cc2)C1.I. The third-order valence-corrected chi connectivity index (χ3v) is 4.90. The molecule has 6 nitrogen and oxygen atoms in total. The Morgan fingerprint density at radius 1 is 1.30 bits per heavy atom. The van der Waals surface area contributed by atoms with Gasteiger partial charge in [-0.05, 0) is 36.8 Å². The molecule has 1 aliphatic heterocycles. The quantitative estimate of drug-likeness (QED) is 0.342. The molecule has 146 valence electrons. The number of benzene rings is 1. The van der Waals surface area contributed by atoms with Crippen LogP contribution in [-0.2, 0) is 6.54 Å². The first-order chi connectivity index (χ1) is 12.7. The van der Waals surface area contributed by atoms with Crippen molar-refractivity contribution < 1.29 is 4.74 Å². The van der Waals surface area contributed by atoms with Crippen molar-refractivity contribution in [3.63, 3.8) is 0 Å². The number of nitrogens with zero attached hydrogens (tertiary/aromatic N) is 3. The number of halogens is 2. The molecule has 1 atom stereocenters. The summed E-state index contributed by atoms with van der Waals surface area (Å²) in [5, 5.41) is 6.83. The summed E-state index contributed by atoms with van der Waals surface area (Å²) >= 11 is 3.49. The van der Waals surface area contributed by atoms with Gasteiger partial charge in [-0.2, -0.15) is 0 Å². The van der Waals surface area contributed by atoms with Crippen LogP contribution in [0.3, 0.4) is 0 Å². The van der Waals surface area contributed by atoms with Crippen LogP contribution >= 0.6 is 39.9 Å². The fraction of sp³-hybridized carbons (Fsp3) is 0.368. The number of anilines is 1. The highest BCUT2D eigenvalue weighted by atomic mass is 127. The Morgan fingerprint density at radius 2 is 2.07 bits per heavy atom. The zero-order valence-corrected chi connectivity index (χ0v) is 19.4. The minimum Gasteiger partial charge on any atom is -0.481 e. The molecule has 3 rings (SSSR count). The number of guanidine groups is 1. The molecule has 0 spiro atoms. The fourth-order valence-electron chi connectivity index (χ4n) is 3.00. The summed E-state index contributed by atoms with van der Waals surface area (Å²) in [5.74, 6) is 1.41. The summed E-state index contributed by atoms with van der Waals surface area (Å²) in [7, 11) is 3.41. The lowest BCUT2D eigenvalue weighted by Gasteiger charge is -2.20. The third kappa shape index (κ3) is 6.24. The number of hydrogen-bond acceptors (Lipinski definition) is 4. The highest BCUT2D eigenvalue weighted by Crippen LogP contribution is 2.22. The second kappa shape index (κ2) is 10.7. The fourth-order valence-corrected chi connectivity index (χ4v) is 3.26. The lowest BCUT2D eigenvalue weighted by atomic mass is 10.2. The maximum atomic E-state index is 5.16. The van der Waals surface area contributed by atoms with E-state index in [1.54, 1.807) is 14.2 Å². The Morgan fingerprint density at radius 3 is 2.78 bits per heavy atom. The van der Waals surface area contributed by atoms with Crippen LogP contribution in [0.2, 0.25) is 0 Å². The maximum absolute atomic E-state index is 5.16. The second-order valence-electron chi connectivity index (χ2n) is 6.15. The molecule has 1 aromatic heterocycles. The van der Waals surface area contributed by atoms with Gasteiger partial charge in [-0.1, -0.05) is 22.0 Å². The largest absolute Gasteiger partial charge is 0.481 e. The summed E-state index contributed by atoms with van der Waals surface area (Å²) in [5.41, 5.74) is 2.16. The van der Waals surface area contributed by atoms with Crippen LogP contribution in [0.4, 0.5) is 5.69 Å². The van der Waals surface area contributed by atoms with Crippen LogP contribution in [0.1, 0.15) is 12.1 Å². The van der Waals surface area contributed by atoms with Gasteiger partial charge in [0.15, 0.2) is 5.96 Å². The minimum absolute atomic E-state index is 0. The zero-order chi connectivity index (χ0) is 18.4. The molecule has 0 saturated carbocycles. The Kier molecular flexibility index (Phi) is 8.62. The topological polar surface area (TPSA) is 61.8 Å². The average molecular weight is 546 g/mol. The molecule has 0 aliphatic carbocycles. The van der Waals surface area contributed by atoms with E-state index in [1.807, 2.05) is 18.2 Å². The van der Waals surface area contributed by atoms with Crippen LogP contribution in [0.25, 0.3) is 0 Å². The summed E-state index contributed by atoms with van der Waals surface area (Å²) in [6.45, 7) is 2.59. The van der Waals surface area contributed by atoms with E-state index < -0.39 is 0 Å². The van der Waals surface area contributed by atoms with E-state index in [-0.39, 0.29) is 24.0 Å². The lowest BCUT2D eigenvalue weighted by Crippen LogP contribution is -2.44. The summed E-state index contributed by atoms with van der Waals surface area (Å²) in [6, 6.07) is 14.6. The molecule has 0 amide bonds. The first kappa shape index (κ1) is 21.7. The van der Waals surface area contributed by atoms with Crippen molar-refractivity contribution in [2.75, 3.05) is 32.1 Å². The minimum atomic E-state index is 0. The molecular formula is C19H25BrIN5O. The monoisotopic (exact) mass is 545 g/mol. The Bertz CT molecular complexity index is 756. The van der Waals surface area contributed by atoms with Gasteiger partial charge in [0, 0.05) is 42.4 Å². The van der Waals surface area contributed by atoms with Gasteiger partial charge >= 0.3 is 0 Å². The van der Waals surface area contributed by atoms with Crippen molar-refractivity contribution >= 4 is 51.6 Å². The smallest absolute Gasteiger partial charge is 0.213 e. The number of aliphatic imine (C=N–C) groups is 1. The number of aromatic nitrogens is 1. The zero-order valence-electron chi connectivity index (χ0n) is 15.5. The van der Waals surface area contributed by atoms with Crippen LogP contribution in [0.5, 0.6) is 5.88 Å². The number of rotatable bonds is 5. The van der Waals surface area contributed by atoms with Crippen molar-refractivity contribution in [2.45, 2.75) is 19.0 Å². The summed E-state index contributed by atoms with van der Waals surface area (Å²) in [6.07, 6.45) is 1.08. The molecule has 1 saturated heterocycles. The van der Waals surface area contributed by atoms with E-state index in [9.17, 15) is 0 Å². The van der Waals surface area contributed by atoms with Gasteiger partial charge in [-0.25, -0.2) is 4.98 Å². The highest BCUT2D eigenvalue weighted by Gasteiger charge is 2.23. The van der Waals surface area contributed by atoms with E-state index in [0.29, 0.717) is 18.5 Å². The van der Waals surface area contributed by atoms with E-state index in [0.717, 1.165) is 35.6 Å². The molecule has 1 aliphatic rings. The van der Waals surface area contributed by atoms with Crippen molar-refractivity contribution in [3.8, 4) is 5.88 Å². The molecule has 2 heterocycles. The standard InChI is InChI=1S/C19H24BrN5O.HI/c1-21-19(22-12-15-4-3-5-18(23-15)26-2)24-16-10-11-25(13-16)17-8-6-14(20)7-9-17;/h3-9,16H,10-13H2,1-2H3,(H2,21,22,24);1H. The van der Waals surface area contributed by atoms with Crippen molar-refractivity contribution in [1.29, 1.82) is 0 Å². The Balaban J connectivity index is 0.00000261. The van der Waals surface area contributed by atoms with Crippen LogP contribution < -0.4 is 20.3 Å². The molecule has 2 N–H and O–H groups in total. The molecule has 8 heteroatoms. The number of ether oxygens (including phenoxy) is 1. The summed E-state index contributed by atoms with van der Waals surface area (Å²) < 4.78 is 6.27. The van der Waals surface area contributed by atoms with E-state index in [4.69, 9.17) is 4.74 Å². The molecule has 1 unspecified atom stereocenters. The highest BCUT2D eigenvalue weighted by molar-refractivity contribution is 14.0. The molecular weight excluding hydrogens is 521 g/mol. The third-order valence-electron chi connectivity index (χ3n) is 4.37. The maximum Gasteiger partial charge on any atom is 0.213 e. The molecule has 27 heavy (non-hydrogen) atoms. The van der Waals surface area contributed by atoms with Crippen molar-refractivity contribution in [2.24, 2.45) is 4.99 Å². The van der Waals surface area contributed by atoms with Crippen LogP contribution in [0.15, 0.2) is 51.9 Å². The number of methoxy groups -OCH3 is 1. The summed E-state index contributed by atoms with van der Waals surface area (Å²) in [4.78, 5) is 11.1. The van der Waals surface area contributed by atoms with E-state index in [2.05, 4.69) is 65.7 Å². The first-order valence-electron chi connectivity index (χ1n) is 8.65. The molecule has 0 bridgehead atoms. The predicted molar refractivity (Wildman–Crippen MR) is 124 cm³/mol. The average Bonchev–Trinajstić information content (AvgIpc) is 3.14. The van der Waals surface area contributed by atoms with Crippen LogP contribution in [-0.4, -0.2) is 44.2 Å². The van der Waals surface area contributed by atoms with E-state index >= 15 is 0 Å². The van der Waals surface area contributed by atoms with Gasteiger partial charge in [-0.15, -0.1) is 24.0 Å². The predicted octanol–water partition coefficient (Wildman–Crippen LogP) is 3.41. The van der Waals surface area contributed by atoms with Crippen LogP contribution in [0, 0.1) is 0 Å². The number of nitrogens with one attached hydrogen (secondary N) is 2. The van der Waals surface area contributed by atoms with Gasteiger partial charge < -0.3 is 20.3 Å². The number of pyridine rings is 1. The lowest BCUT2D eigenvalue weighted by molar-refractivity contribution is 0.396. The van der Waals surface area contributed by atoms with Gasteiger partial charge in [0.25, 0.3) is 0 Å². The van der Waals surface area contributed by atoms with Gasteiger partial charge in [0.2, 0.25) is 5.88 Å². The number of hydrogen-bond donors (Lipinski definition) is 2. The molecule has 2 aromatic rings. The van der Waals surface area contributed by atoms with Crippen molar-refractivity contribution in [1.82, 2.24) is 15.6 Å². The molecule has 1 fully saturated rings. The van der Waals surface area contributed by atoms with Gasteiger partial charge in [0.05, 0.1) is 19.3 Å². The Hall–Kier alpha value is -1.55. The van der Waals surface area contributed by atoms with Gasteiger partial charge in [-0.3, -0.25) is 4.99 Å². The molecule has 0 radical (unpaired) electrons. The molecule has 1 aromatic carbocycles. The van der Waals surface area contributed by atoms with E-state index in [1.165, 1.54) is 5.69 Å². The second-order valence-corrected chi connectivity index (χ2v) is 7.07. The Labute approximate surface area is 186 Å².